The van der Waals surface area contributed by atoms with Crippen LogP contribution in [0.3, 0.4) is 0 Å². The smallest absolute Gasteiger partial charge is 0.416 e. The van der Waals surface area contributed by atoms with Crippen LogP contribution in [0.4, 0.5) is 13.2 Å². The lowest BCUT2D eigenvalue weighted by atomic mass is 9.72. The van der Waals surface area contributed by atoms with Gasteiger partial charge in [0.1, 0.15) is 5.60 Å². The summed E-state index contributed by atoms with van der Waals surface area (Å²) in [4.78, 5) is 46.0. The van der Waals surface area contributed by atoms with Crippen LogP contribution in [0, 0.1) is 11.3 Å². The monoisotopic (exact) mass is 620 g/mol. The minimum Gasteiger partial charge on any atom is -0.456 e. The van der Waals surface area contributed by atoms with Crippen molar-refractivity contribution in [3.8, 4) is 0 Å². The maximum absolute atomic E-state index is 14.5. The molecule has 5 atom stereocenters. The topological polar surface area (TPSA) is 85.4 Å². The molecule has 2 amide bonds. The first-order chi connectivity index (χ1) is 20.8. The van der Waals surface area contributed by atoms with Crippen LogP contribution in [-0.2, 0) is 37.3 Å². The summed E-state index contributed by atoms with van der Waals surface area (Å²) in [6, 6.07) is 18.2. The molecule has 1 aliphatic heterocycles. The number of hydrogen-bond donors (Lipinski definition) is 1. The van der Waals surface area contributed by atoms with Gasteiger partial charge in [0, 0.05) is 16.9 Å². The fourth-order valence-corrected chi connectivity index (χ4v) is 8.36. The molecule has 1 N–H and O–H groups in total. The highest BCUT2D eigenvalue weighted by Crippen LogP contribution is 3.02. The Hall–Kier alpha value is -4.09. The predicted octanol–water partition coefficient (Wildman–Crippen LogP) is 5.90. The van der Waals surface area contributed by atoms with Gasteiger partial charge in [-0.05, 0) is 49.2 Å². The minimum absolute atomic E-state index is 0.136. The number of thiazole rings is 1. The van der Waals surface area contributed by atoms with E-state index in [1.807, 2.05) is 47.8 Å². The standard InChI is InChI=1S/C33H28F3N3O4S/c1-30(2,3)43-26(41)16-39(38-25(40)14-19-7-6-10-23(13-19)33(34,35)36)29(42)31-27(24-17-44-18-37-24)28(31)32(31,39)22-12-11-20-8-4-5-9-21(20)15-22/h4-13,15,17-18,27-28H,14,16H2,1-3H3/p+1/t27?,28-,31-,32-,39?/m0/s1. The maximum Gasteiger partial charge on any atom is 0.416 e. The first-order valence-corrected chi connectivity index (χ1v) is 15.2. The summed E-state index contributed by atoms with van der Waals surface area (Å²) in [5.41, 5.74) is 2.77. The van der Waals surface area contributed by atoms with Crippen molar-refractivity contribution in [3.63, 3.8) is 0 Å². The molecule has 4 aromatic rings. The molecule has 1 aromatic heterocycles. The van der Waals surface area contributed by atoms with Gasteiger partial charge in [-0.25, -0.2) is 14.6 Å². The summed E-state index contributed by atoms with van der Waals surface area (Å²) in [7, 11) is 0. The molecule has 3 aromatic carbocycles. The molecule has 7 nitrogen and oxygen atoms in total. The van der Waals surface area contributed by atoms with E-state index in [4.69, 9.17) is 4.74 Å². The Morgan fingerprint density at radius 2 is 1.77 bits per heavy atom. The molecule has 2 saturated carbocycles. The van der Waals surface area contributed by atoms with Crippen LogP contribution in [0.15, 0.2) is 77.6 Å². The third kappa shape index (κ3) is 3.84. The van der Waals surface area contributed by atoms with E-state index in [2.05, 4.69) is 10.4 Å². The van der Waals surface area contributed by atoms with Crippen LogP contribution in [0.2, 0.25) is 0 Å². The number of rotatable bonds is 7. The van der Waals surface area contributed by atoms with Crippen molar-refractivity contribution >= 4 is 39.9 Å². The van der Waals surface area contributed by atoms with Gasteiger partial charge in [0.2, 0.25) is 6.54 Å². The molecule has 1 saturated heterocycles. The van der Waals surface area contributed by atoms with Gasteiger partial charge in [-0.15, -0.1) is 15.9 Å². The number of benzene rings is 3. The molecule has 0 bridgehead atoms. The number of quaternary nitrogens is 1. The summed E-state index contributed by atoms with van der Waals surface area (Å²) in [5, 5.41) is 3.85. The number of esters is 1. The van der Waals surface area contributed by atoms with Crippen LogP contribution in [0.25, 0.3) is 10.8 Å². The number of piperidine rings is 1. The van der Waals surface area contributed by atoms with E-state index in [1.54, 1.807) is 26.3 Å². The van der Waals surface area contributed by atoms with Gasteiger partial charge in [-0.2, -0.15) is 18.6 Å². The molecule has 2 aliphatic carbocycles. The Balaban J connectivity index is 1.31. The van der Waals surface area contributed by atoms with Gasteiger partial charge in [-0.1, -0.05) is 54.6 Å². The molecule has 7 rings (SSSR count). The van der Waals surface area contributed by atoms with Gasteiger partial charge in [0.15, 0.2) is 11.0 Å². The number of likely N-dealkylation sites (tertiary alicyclic amines) is 1. The quantitative estimate of drug-likeness (QED) is 0.158. The van der Waals surface area contributed by atoms with Crippen molar-refractivity contribution in [3.05, 3.63) is 100 Å². The van der Waals surface area contributed by atoms with E-state index in [-0.39, 0.29) is 23.3 Å². The molecule has 0 radical (unpaired) electrons. The summed E-state index contributed by atoms with van der Waals surface area (Å²) in [6.45, 7) is 4.69. The summed E-state index contributed by atoms with van der Waals surface area (Å²) in [6.07, 6.45) is -4.98. The van der Waals surface area contributed by atoms with Crippen LogP contribution in [0.5, 0.6) is 0 Å². The number of alkyl halides is 3. The number of nitrogens with one attached hydrogen (secondary N) is 1. The molecule has 2 heterocycles. The first kappa shape index (κ1) is 28.7. The van der Waals surface area contributed by atoms with E-state index >= 15 is 0 Å². The van der Waals surface area contributed by atoms with Crippen molar-refractivity contribution in [2.75, 3.05) is 6.54 Å². The number of halogens is 3. The summed E-state index contributed by atoms with van der Waals surface area (Å²) in [5.74, 6) is -2.04. The molecule has 226 valence electrons. The average molecular weight is 621 g/mol. The van der Waals surface area contributed by atoms with E-state index in [1.165, 1.54) is 23.5 Å². The molecule has 1 spiro atoms. The van der Waals surface area contributed by atoms with E-state index in [0.717, 1.165) is 34.2 Å². The van der Waals surface area contributed by atoms with Crippen molar-refractivity contribution in [2.45, 2.75) is 50.4 Å². The van der Waals surface area contributed by atoms with Crippen LogP contribution in [-0.4, -0.2) is 39.5 Å². The number of fused-ring (bicyclic) bond motifs is 2. The largest absolute Gasteiger partial charge is 0.456 e. The lowest BCUT2D eigenvalue weighted by molar-refractivity contribution is -0.961. The highest BCUT2D eigenvalue weighted by Gasteiger charge is 3.18. The van der Waals surface area contributed by atoms with Crippen molar-refractivity contribution in [1.29, 1.82) is 0 Å². The van der Waals surface area contributed by atoms with Gasteiger partial charge < -0.3 is 4.74 Å². The van der Waals surface area contributed by atoms with Crippen molar-refractivity contribution in [1.82, 2.24) is 10.4 Å². The van der Waals surface area contributed by atoms with Crippen LogP contribution in [0.1, 0.15) is 49.1 Å². The minimum atomic E-state index is -4.57. The molecule has 3 aliphatic rings. The third-order valence-electron chi connectivity index (χ3n) is 9.19. The SMILES string of the molecule is CC(C)(C)OC(=O)C[N+]1(NC(=O)Cc2cccc(C(F)(F)F)c2)C(=O)[C@]23C(c4cscn4)[C@@H]2[C@@]31c1ccc2ccccc2c1. The Morgan fingerprint density at radius 1 is 1.02 bits per heavy atom. The number of carbonyl (C=O) groups is 3. The molecular formula is C33H29F3N3O4S+. The molecular weight excluding hydrogens is 591 g/mol. The zero-order valence-corrected chi connectivity index (χ0v) is 25.0. The van der Waals surface area contributed by atoms with Crippen molar-refractivity contribution in [2.24, 2.45) is 11.3 Å². The zero-order chi connectivity index (χ0) is 31.3. The number of aromatic nitrogens is 1. The molecule has 44 heavy (non-hydrogen) atoms. The normalized spacial score (nSPS) is 28.5. The van der Waals surface area contributed by atoms with Crippen LogP contribution < -0.4 is 5.43 Å². The highest BCUT2D eigenvalue weighted by atomic mass is 32.1. The average Bonchev–Trinajstić information content (AvgIpc) is 3.69. The van der Waals surface area contributed by atoms with Gasteiger partial charge >= 0.3 is 18.1 Å². The van der Waals surface area contributed by atoms with E-state index < -0.39 is 57.7 Å². The van der Waals surface area contributed by atoms with E-state index in [9.17, 15) is 27.6 Å². The fourth-order valence-electron chi connectivity index (χ4n) is 7.77. The number of amides is 2. The Kier molecular flexibility index (Phi) is 6.00. The summed E-state index contributed by atoms with van der Waals surface area (Å²) < 4.78 is 45.1. The molecule has 2 unspecified atom stereocenters. The van der Waals surface area contributed by atoms with Crippen LogP contribution >= 0.6 is 11.3 Å². The van der Waals surface area contributed by atoms with Gasteiger partial charge in [0.25, 0.3) is 5.91 Å². The fraction of sp³-hybridized carbons (Fsp3) is 0.333. The highest BCUT2D eigenvalue weighted by molar-refractivity contribution is 7.07. The number of hydrogen-bond acceptors (Lipinski definition) is 6. The zero-order valence-electron chi connectivity index (χ0n) is 24.1. The number of β-lactam (4-membered cyclic amide) rings is 1. The van der Waals surface area contributed by atoms with Gasteiger partial charge in [-0.3, -0.25) is 4.79 Å². The Bertz CT molecular complexity index is 1850. The Labute approximate surface area is 255 Å². The Morgan fingerprint density at radius 3 is 2.43 bits per heavy atom. The second-order valence-corrected chi connectivity index (χ2v) is 13.6. The number of nitrogens with zero attached hydrogens (tertiary/aromatic N) is 2. The maximum atomic E-state index is 14.5. The first-order valence-electron chi connectivity index (χ1n) is 14.3. The van der Waals surface area contributed by atoms with Crippen molar-refractivity contribution < 1.29 is 36.9 Å². The lowest BCUT2D eigenvalue weighted by Crippen LogP contribution is -2.82. The number of carbonyl (C=O) groups excluding carboxylic acids is 3. The molecule has 11 heteroatoms. The van der Waals surface area contributed by atoms with Gasteiger partial charge in [0.05, 0.1) is 29.1 Å². The predicted molar refractivity (Wildman–Crippen MR) is 156 cm³/mol. The number of ether oxygens (including phenoxy) is 1. The summed E-state index contributed by atoms with van der Waals surface area (Å²) >= 11 is 1.43. The lowest BCUT2D eigenvalue weighted by Gasteiger charge is -2.54. The second-order valence-electron chi connectivity index (χ2n) is 12.8. The molecule has 3 fully saturated rings. The second kappa shape index (κ2) is 9.21. The third-order valence-corrected chi connectivity index (χ3v) is 9.79. The van der Waals surface area contributed by atoms with E-state index in [0.29, 0.717) is 0 Å².